The molecule has 3 aliphatic rings. The minimum atomic E-state index is -0.459. The zero-order valence-electron chi connectivity index (χ0n) is 18.8. The SMILES string of the molecule is C=CC12C(OC)CCC3(COC)CN(C(=O)OC)C1[C@H](c1cccc(O)c1OC)C[C@H]32. The van der Waals surface area contributed by atoms with Gasteiger partial charge in [-0.05, 0) is 31.2 Å². The number of hydrogen-bond acceptors (Lipinski definition) is 6. The van der Waals surface area contributed by atoms with Crippen molar-refractivity contribution in [3.63, 3.8) is 0 Å². The fourth-order valence-electron chi connectivity index (χ4n) is 7.16. The third-order valence-corrected chi connectivity index (χ3v) is 8.12. The first kappa shape index (κ1) is 22.0. The zero-order chi connectivity index (χ0) is 22.4. The van der Waals surface area contributed by atoms with Gasteiger partial charge in [0.2, 0.25) is 0 Å². The predicted molar refractivity (Wildman–Crippen MR) is 115 cm³/mol. The normalized spacial score (nSPS) is 36.2. The molecule has 1 aromatic carbocycles. The maximum Gasteiger partial charge on any atom is 0.409 e. The van der Waals surface area contributed by atoms with Crippen LogP contribution in [-0.4, -0.2) is 69.8 Å². The van der Waals surface area contributed by atoms with Gasteiger partial charge < -0.3 is 29.0 Å². The summed E-state index contributed by atoms with van der Waals surface area (Å²) in [6.45, 7) is 5.37. The van der Waals surface area contributed by atoms with Gasteiger partial charge in [0.15, 0.2) is 11.5 Å². The van der Waals surface area contributed by atoms with Crippen LogP contribution in [0.3, 0.4) is 0 Å². The largest absolute Gasteiger partial charge is 0.504 e. The molecule has 1 N–H and O–H groups in total. The first-order valence-electron chi connectivity index (χ1n) is 10.8. The topological polar surface area (TPSA) is 77.5 Å². The van der Waals surface area contributed by atoms with Gasteiger partial charge in [-0.3, -0.25) is 0 Å². The average molecular weight is 432 g/mol. The number of ether oxygens (including phenoxy) is 4. The maximum atomic E-state index is 13.1. The molecule has 4 rings (SSSR count). The van der Waals surface area contributed by atoms with Crippen LogP contribution in [0.1, 0.15) is 30.7 Å². The quantitative estimate of drug-likeness (QED) is 0.694. The average Bonchev–Trinajstić information content (AvgIpc) is 3.05. The van der Waals surface area contributed by atoms with Gasteiger partial charge in [-0.2, -0.15) is 0 Å². The number of phenols is 1. The molecule has 1 heterocycles. The second-order valence-corrected chi connectivity index (χ2v) is 9.10. The summed E-state index contributed by atoms with van der Waals surface area (Å²) in [6.07, 6.45) is 4.14. The van der Waals surface area contributed by atoms with E-state index in [1.54, 1.807) is 27.4 Å². The Kier molecular flexibility index (Phi) is 5.68. The molecule has 0 spiro atoms. The lowest BCUT2D eigenvalue weighted by Crippen LogP contribution is -2.69. The summed E-state index contributed by atoms with van der Waals surface area (Å²) in [5, 5.41) is 10.5. The lowest BCUT2D eigenvalue weighted by atomic mass is 9.51. The Hall–Kier alpha value is -2.25. The standard InChI is InChI=1S/C24H33NO6/c1-6-24-18-12-16(15-8-7-9-17(26)20(15)30-4)21(24)25(22(27)31-5)13-23(18,14-28-2)11-10-19(24)29-3/h6-9,16,18-19,21,26H,1,10-14H2,2-5H3/t16-,18+,19?,21?,23?,24?/m0/s1. The smallest absolute Gasteiger partial charge is 0.409 e. The Morgan fingerprint density at radius 1 is 1.32 bits per heavy atom. The molecule has 170 valence electrons. The van der Waals surface area contributed by atoms with E-state index in [0.29, 0.717) is 18.9 Å². The van der Waals surface area contributed by atoms with E-state index in [4.69, 9.17) is 18.9 Å². The van der Waals surface area contributed by atoms with Crippen molar-refractivity contribution in [2.45, 2.75) is 37.3 Å². The summed E-state index contributed by atoms with van der Waals surface area (Å²) in [5.74, 6) is 0.683. The lowest BCUT2D eigenvalue weighted by Gasteiger charge is -2.62. The molecule has 2 saturated carbocycles. The van der Waals surface area contributed by atoms with Gasteiger partial charge in [0.1, 0.15) is 0 Å². The summed E-state index contributed by atoms with van der Waals surface area (Å²) in [7, 11) is 6.43. The van der Waals surface area contributed by atoms with Crippen molar-refractivity contribution in [3.05, 3.63) is 36.4 Å². The fraction of sp³-hybridized carbons (Fsp3) is 0.625. The van der Waals surface area contributed by atoms with E-state index in [0.717, 1.165) is 24.8 Å². The molecule has 3 fully saturated rings. The Morgan fingerprint density at radius 2 is 2.10 bits per heavy atom. The van der Waals surface area contributed by atoms with Crippen LogP contribution in [-0.2, 0) is 14.2 Å². The summed E-state index contributed by atoms with van der Waals surface area (Å²) >= 11 is 0. The van der Waals surface area contributed by atoms with Crippen molar-refractivity contribution < 1.29 is 28.8 Å². The highest BCUT2D eigenvalue weighted by Gasteiger charge is 2.71. The van der Waals surface area contributed by atoms with Crippen molar-refractivity contribution in [2.75, 3.05) is 41.6 Å². The van der Waals surface area contributed by atoms with Gasteiger partial charge in [0.25, 0.3) is 0 Å². The molecule has 1 aromatic rings. The van der Waals surface area contributed by atoms with Crippen molar-refractivity contribution >= 4 is 6.09 Å². The Balaban J connectivity index is 1.95. The Bertz CT molecular complexity index is 858. The van der Waals surface area contributed by atoms with Crippen LogP contribution in [0.25, 0.3) is 0 Å². The molecule has 4 bridgehead atoms. The number of benzene rings is 1. The number of nitrogens with zero attached hydrogens (tertiary/aromatic N) is 1. The maximum absolute atomic E-state index is 13.1. The second-order valence-electron chi connectivity index (χ2n) is 9.10. The number of aromatic hydroxyl groups is 1. The van der Waals surface area contributed by atoms with E-state index < -0.39 is 5.41 Å². The molecule has 7 heteroatoms. The Morgan fingerprint density at radius 3 is 2.71 bits per heavy atom. The van der Waals surface area contributed by atoms with Crippen LogP contribution < -0.4 is 4.74 Å². The minimum absolute atomic E-state index is 0.0707. The molecule has 31 heavy (non-hydrogen) atoms. The molecular weight excluding hydrogens is 398 g/mol. The summed E-state index contributed by atoms with van der Waals surface area (Å²) in [5.41, 5.74) is 0.209. The van der Waals surface area contributed by atoms with Gasteiger partial charge in [-0.15, -0.1) is 6.58 Å². The Labute approximate surface area is 183 Å². The van der Waals surface area contributed by atoms with E-state index in [2.05, 4.69) is 6.58 Å². The highest BCUT2D eigenvalue weighted by atomic mass is 16.5. The number of phenolic OH excluding ortho intramolecular Hbond substituents is 1. The lowest BCUT2D eigenvalue weighted by molar-refractivity contribution is -0.173. The van der Waals surface area contributed by atoms with Crippen molar-refractivity contribution in [2.24, 2.45) is 16.7 Å². The van der Waals surface area contributed by atoms with Gasteiger partial charge in [-0.25, -0.2) is 4.79 Å². The van der Waals surface area contributed by atoms with E-state index in [1.807, 2.05) is 23.1 Å². The molecule has 7 nitrogen and oxygen atoms in total. The highest BCUT2D eigenvalue weighted by Crippen LogP contribution is 2.69. The third-order valence-electron chi connectivity index (χ3n) is 8.12. The zero-order valence-corrected chi connectivity index (χ0v) is 18.8. The first-order chi connectivity index (χ1) is 14.9. The van der Waals surface area contributed by atoms with Crippen LogP contribution in [0.5, 0.6) is 11.5 Å². The van der Waals surface area contributed by atoms with E-state index >= 15 is 0 Å². The predicted octanol–water partition coefficient (Wildman–Crippen LogP) is 3.57. The summed E-state index contributed by atoms with van der Waals surface area (Å²) in [6, 6.07) is 5.19. The molecular formula is C24H33NO6. The summed E-state index contributed by atoms with van der Waals surface area (Å²) < 4.78 is 22.6. The number of para-hydroxylation sites is 1. The van der Waals surface area contributed by atoms with Crippen LogP contribution in [0.4, 0.5) is 4.79 Å². The number of carbonyl (C=O) groups is 1. The molecule has 6 atom stereocenters. The van der Waals surface area contributed by atoms with E-state index in [9.17, 15) is 9.90 Å². The second kappa shape index (κ2) is 8.02. The number of likely N-dealkylation sites (tertiary alicyclic amines) is 1. The summed E-state index contributed by atoms with van der Waals surface area (Å²) in [4.78, 5) is 14.9. The third kappa shape index (κ3) is 2.89. The molecule has 1 saturated heterocycles. The van der Waals surface area contributed by atoms with Gasteiger partial charge >= 0.3 is 6.09 Å². The first-order valence-corrected chi connectivity index (χ1v) is 10.8. The molecule has 1 amide bonds. The number of amides is 1. The highest BCUT2D eigenvalue weighted by molar-refractivity contribution is 5.69. The molecule has 2 aliphatic carbocycles. The number of hydrogen-bond donors (Lipinski definition) is 1. The van der Waals surface area contributed by atoms with Crippen LogP contribution in [0.2, 0.25) is 0 Å². The van der Waals surface area contributed by atoms with Crippen LogP contribution in [0.15, 0.2) is 30.9 Å². The number of rotatable bonds is 6. The van der Waals surface area contributed by atoms with Gasteiger partial charge in [-0.1, -0.05) is 18.2 Å². The van der Waals surface area contributed by atoms with Crippen LogP contribution >= 0.6 is 0 Å². The van der Waals surface area contributed by atoms with Gasteiger partial charge in [0, 0.05) is 43.1 Å². The van der Waals surface area contributed by atoms with Crippen LogP contribution in [0, 0.1) is 16.7 Å². The van der Waals surface area contributed by atoms with E-state index in [1.165, 1.54) is 7.11 Å². The van der Waals surface area contributed by atoms with Crippen molar-refractivity contribution in [1.29, 1.82) is 0 Å². The number of carbonyl (C=O) groups excluding carboxylic acids is 1. The molecule has 0 radical (unpaired) electrons. The monoisotopic (exact) mass is 431 g/mol. The number of piperidine rings is 1. The molecule has 0 aromatic heterocycles. The van der Waals surface area contributed by atoms with E-state index in [-0.39, 0.29) is 41.2 Å². The molecule has 1 aliphatic heterocycles. The number of methoxy groups -OCH3 is 4. The fourth-order valence-corrected chi connectivity index (χ4v) is 7.16. The van der Waals surface area contributed by atoms with Crippen molar-refractivity contribution in [1.82, 2.24) is 4.90 Å². The van der Waals surface area contributed by atoms with Gasteiger partial charge in [0.05, 0.1) is 33.0 Å². The van der Waals surface area contributed by atoms with Crippen molar-refractivity contribution in [3.8, 4) is 11.5 Å². The minimum Gasteiger partial charge on any atom is -0.504 e. The molecule has 4 unspecified atom stereocenters.